The zero-order valence-electron chi connectivity index (χ0n) is 11.6. The molecule has 1 aliphatic heterocycles. The third-order valence-corrected chi connectivity index (χ3v) is 4.63. The highest BCUT2D eigenvalue weighted by atomic mass is 16.2. The van der Waals surface area contributed by atoms with Crippen LogP contribution in [0.3, 0.4) is 0 Å². The minimum Gasteiger partial charge on any atom is -0.338 e. The molecular weight excluding hydrogens is 224 g/mol. The molecule has 0 bridgehead atoms. The van der Waals surface area contributed by atoms with Crippen molar-refractivity contribution < 1.29 is 4.79 Å². The number of nitrogens with zero attached hydrogens (tertiary/aromatic N) is 2. The molecule has 1 aliphatic carbocycles. The Morgan fingerprint density at radius 2 is 1.83 bits per heavy atom. The van der Waals surface area contributed by atoms with Gasteiger partial charge in [-0.25, -0.2) is 0 Å². The maximum atomic E-state index is 12.8. The Morgan fingerprint density at radius 3 is 2.28 bits per heavy atom. The van der Waals surface area contributed by atoms with Gasteiger partial charge >= 0.3 is 0 Å². The molecule has 0 N–H and O–H groups in total. The van der Waals surface area contributed by atoms with Gasteiger partial charge in [-0.1, -0.05) is 32.6 Å². The molecule has 2 rings (SSSR count). The van der Waals surface area contributed by atoms with E-state index in [0.717, 1.165) is 38.6 Å². The van der Waals surface area contributed by atoms with Gasteiger partial charge in [-0.15, -0.1) is 0 Å². The summed E-state index contributed by atoms with van der Waals surface area (Å²) in [6.45, 7) is 5.14. The lowest BCUT2D eigenvalue weighted by Crippen LogP contribution is -2.44. The van der Waals surface area contributed by atoms with Gasteiger partial charge in [-0.05, 0) is 32.1 Å². The summed E-state index contributed by atoms with van der Waals surface area (Å²) in [5.74, 6) is 0.689. The Hall–Kier alpha value is -1.04. The Balaban J connectivity index is 2.17. The van der Waals surface area contributed by atoms with Gasteiger partial charge in [-0.2, -0.15) is 5.26 Å². The van der Waals surface area contributed by atoms with Crippen molar-refractivity contribution >= 4 is 5.91 Å². The number of nitriles is 1. The van der Waals surface area contributed by atoms with Crippen LogP contribution >= 0.6 is 0 Å². The number of hydrogen-bond acceptors (Lipinski definition) is 2. The lowest BCUT2D eigenvalue weighted by molar-refractivity contribution is -0.140. The molecule has 2 atom stereocenters. The summed E-state index contributed by atoms with van der Waals surface area (Å²) in [5, 5.41) is 9.55. The number of hydrogen-bond donors (Lipinski definition) is 0. The molecule has 0 spiro atoms. The van der Waals surface area contributed by atoms with E-state index in [2.05, 4.69) is 19.9 Å². The average molecular weight is 248 g/mol. The summed E-state index contributed by atoms with van der Waals surface area (Å²) in [7, 11) is 0. The highest BCUT2D eigenvalue weighted by Gasteiger charge is 2.44. The van der Waals surface area contributed by atoms with Gasteiger partial charge in [0.25, 0.3) is 0 Å². The molecule has 1 saturated heterocycles. The van der Waals surface area contributed by atoms with Gasteiger partial charge in [0.15, 0.2) is 0 Å². The monoisotopic (exact) mass is 248 g/mol. The van der Waals surface area contributed by atoms with Crippen LogP contribution in [0.2, 0.25) is 0 Å². The van der Waals surface area contributed by atoms with E-state index in [0.29, 0.717) is 12.0 Å². The Labute approximate surface area is 110 Å². The Bertz CT molecular complexity index is 350. The first kappa shape index (κ1) is 13.4. The lowest BCUT2D eigenvalue weighted by atomic mass is 9.80. The SMILES string of the molecule is CC1CC(C)N(C(=O)C2(C#N)CCCCCC2)C1. The third kappa shape index (κ3) is 2.39. The quantitative estimate of drug-likeness (QED) is 0.669. The smallest absolute Gasteiger partial charge is 0.243 e. The molecular formula is C15H24N2O. The van der Waals surface area contributed by atoms with Crippen LogP contribution in [-0.4, -0.2) is 23.4 Å². The largest absolute Gasteiger partial charge is 0.338 e. The first-order valence-electron chi connectivity index (χ1n) is 7.31. The van der Waals surface area contributed by atoms with Gasteiger partial charge in [0.1, 0.15) is 5.41 Å². The van der Waals surface area contributed by atoms with Gasteiger partial charge in [0, 0.05) is 12.6 Å². The zero-order valence-corrected chi connectivity index (χ0v) is 11.6. The van der Waals surface area contributed by atoms with E-state index in [1.165, 1.54) is 12.8 Å². The standard InChI is InChI=1S/C15H24N2O/c1-12-9-13(2)17(10-12)14(18)15(11-16)7-5-3-4-6-8-15/h12-13H,3-10H2,1-2H3. The molecule has 1 heterocycles. The summed E-state index contributed by atoms with van der Waals surface area (Å²) < 4.78 is 0. The zero-order chi connectivity index (χ0) is 13.2. The highest BCUT2D eigenvalue weighted by molar-refractivity contribution is 5.86. The molecule has 1 amide bonds. The molecule has 18 heavy (non-hydrogen) atoms. The molecule has 1 saturated carbocycles. The van der Waals surface area contributed by atoms with Crippen LogP contribution in [0.4, 0.5) is 0 Å². The van der Waals surface area contributed by atoms with Gasteiger partial charge in [-0.3, -0.25) is 4.79 Å². The van der Waals surface area contributed by atoms with Crippen LogP contribution < -0.4 is 0 Å². The van der Waals surface area contributed by atoms with Crippen LogP contribution in [-0.2, 0) is 4.79 Å². The van der Waals surface area contributed by atoms with Crippen molar-refractivity contribution in [2.24, 2.45) is 11.3 Å². The molecule has 0 radical (unpaired) electrons. The van der Waals surface area contributed by atoms with E-state index in [1.54, 1.807) is 0 Å². The molecule has 2 fully saturated rings. The molecule has 3 nitrogen and oxygen atoms in total. The third-order valence-electron chi connectivity index (χ3n) is 4.63. The second-order valence-corrected chi connectivity index (χ2v) is 6.26. The van der Waals surface area contributed by atoms with Crippen LogP contribution in [0, 0.1) is 22.7 Å². The molecule has 100 valence electrons. The van der Waals surface area contributed by atoms with E-state index in [-0.39, 0.29) is 5.91 Å². The predicted molar refractivity (Wildman–Crippen MR) is 70.7 cm³/mol. The first-order valence-corrected chi connectivity index (χ1v) is 7.31. The second kappa shape index (κ2) is 5.30. The maximum absolute atomic E-state index is 12.8. The minimum absolute atomic E-state index is 0.115. The van der Waals surface area contributed by atoms with E-state index >= 15 is 0 Å². The van der Waals surface area contributed by atoms with Crippen LogP contribution in [0.5, 0.6) is 0 Å². The first-order chi connectivity index (χ1) is 8.59. The summed E-state index contributed by atoms with van der Waals surface area (Å²) in [5.41, 5.74) is -0.713. The van der Waals surface area contributed by atoms with Crippen molar-refractivity contribution in [2.45, 2.75) is 64.8 Å². The minimum atomic E-state index is -0.713. The molecule has 3 heteroatoms. The fourth-order valence-electron chi connectivity index (χ4n) is 3.56. The van der Waals surface area contributed by atoms with Crippen LogP contribution in [0.1, 0.15) is 58.8 Å². The normalized spacial score (nSPS) is 31.7. The number of carbonyl (C=O) groups excluding carboxylic acids is 1. The van der Waals surface area contributed by atoms with E-state index < -0.39 is 5.41 Å². The van der Waals surface area contributed by atoms with E-state index in [9.17, 15) is 10.1 Å². The average Bonchev–Trinajstić information content (AvgIpc) is 2.57. The van der Waals surface area contributed by atoms with Crippen molar-refractivity contribution in [1.29, 1.82) is 5.26 Å². The summed E-state index contributed by atoms with van der Waals surface area (Å²) in [4.78, 5) is 14.7. The topological polar surface area (TPSA) is 44.1 Å². The number of likely N-dealkylation sites (tertiary alicyclic amines) is 1. The summed E-state index contributed by atoms with van der Waals surface area (Å²) in [6, 6.07) is 2.68. The van der Waals surface area contributed by atoms with Crippen molar-refractivity contribution in [3.05, 3.63) is 0 Å². The van der Waals surface area contributed by atoms with Crippen molar-refractivity contribution in [1.82, 2.24) is 4.90 Å². The summed E-state index contributed by atoms with van der Waals surface area (Å²) >= 11 is 0. The number of carbonyl (C=O) groups is 1. The van der Waals surface area contributed by atoms with E-state index in [1.807, 2.05) is 4.90 Å². The summed E-state index contributed by atoms with van der Waals surface area (Å²) in [6.07, 6.45) is 6.99. The predicted octanol–water partition coefficient (Wildman–Crippen LogP) is 3.11. The molecule has 0 aromatic rings. The van der Waals surface area contributed by atoms with Gasteiger partial charge in [0.05, 0.1) is 6.07 Å². The fourth-order valence-corrected chi connectivity index (χ4v) is 3.56. The van der Waals surface area contributed by atoms with Crippen molar-refractivity contribution in [3.63, 3.8) is 0 Å². The molecule has 0 aromatic heterocycles. The maximum Gasteiger partial charge on any atom is 0.243 e. The van der Waals surface area contributed by atoms with E-state index in [4.69, 9.17) is 0 Å². The lowest BCUT2D eigenvalue weighted by Gasteiger charge is -2.31. The Kier molecular flexibility index (Phi) is 3.94. The van der Waals surface area contributed by atoms with Crippen LogP contribution in [0.15, 0.2) is 0 Å². The van der Waals surface area contributed by atoms with Crippen molar-refractivity contribution in [3.8, 4) is 6.07 Å². The number of amides is 1. The fraction of sp³-hybridized carbons (Fsp3) is 0.867. The second-order valence-electron chi connectivity index (χ2n) is 6.26. The highest BCUT2D eigenvalue weighted by Crippen LogP contribution is 2.38. The van der Waals surface area contributed by atoms with Gasteiger partial charge < -0.3 is 4.90 Å². The molecule has 0 aromatic carbocycles. The molecule has 2 unspecified atom stereocenters. The van der Waals surface area contributed by atoms with Gasteiger partial charge in [0.2, 0.25) is 5.91 Å². The Morgan fingerprint density at radius 1 is 1.22 bits per heavy atom. The van der Waals surface area contributed by atoms with Crippen molar-refractivity contribution in [2.75, 3.05) is 6.54 Å². The van der Waals surface area contributed by atoms with Crippen LogP contribution in [0.25, 0.3) is 0 Å². The number of rotatable bonds is 1. The molecule has 2 aliphatic rings.